The lowest BCUT2D eigenvalue weighted by Gasteiger charge is -2.16. The van der Waals surface area contributed by atoms with Crippen molar-refractivity contribution >= 4 is 52.9 Å². The van der Waals surface area contributed by atoms with Crippen LogP contribution in [0.1, 0.15) is 33.4 Å². The number of hydrogen-bond acceptors (Lipinski definition) is 6. The second kappa shape index (κ2) is 13.9. The van der Waals surface area contributed by atoms with E-state index in [0.717, 1.165) is 5.56 Å². The van der Waals surface area contributed by atoms with Crippen LogP contribution in [0.4, 0.5) is 10.5 Å². The number of aromatic amines is 1. The minimum atomic E-state index is -1.11. The second-order valence-electron chi connectivity index (χ2n) is 9.74. The number of H-pyrrole nitrogens is 1. The van der Waals surface area contributed by atoms with Crippen molar-refractivity contribution in [3.63, 3.8) is 0 Å². The van der Waals surface area contributed by atoms with E-state index in [9.17, 15) is 19.5 Å². The Hall–Kier alpha value is -5.39. The van der Waals surface area contributed by atoms with Crippen LogP contribution in [0.5, 0.6) is 0 Å². The van der Waals surface area contributed by atoms with Gasteiger partial charge in [0.2, 0.25) is 5.91 Å². The third kappa shape index (κ3) is 7.77. The van der Waals surface area contributed by atoms with Gasteiger partial charge >= 0.3 is 12.1 Å². The number of imidazole rings is 1. The van der Waals surface area contributed by atoms with Crippen LogP contribution in [0.2, 0.25) is 10.2 Å². The minimum Gasteiger partial charge on any atom is -0.478 e. The average Bonchev–Trinajstić information content (AvgIpc) is 3.68. The number of methoxy groups -OCH3 is 1. The number of carbonyl (C=O) groups excluding carboxylic acids is 2. The molecule has 0 bridgehead atoms. The molecule has 45 heavy (non-hydrogen) atoms. The van der Waals surface area contributed by atoms with Gasteiger partial charge in [-0.15, -0.1) is 0 Å². The molecule has 2 aromatic heterocycles. The molecule has 0 unspecified atom stereocenters. The summed E-state index contributed by atoms with van der Waals surface area (Å²) in [6.45, 7) is 0. The number of nitrogens with one attached hydrogen (secondary N) is 3. The van der Waals surface area contributed by atoms with Crippen LogP contribution in [0, 0.1) is 0 Å². The van der Waals surface area contributed by atoms with Gasteiger partial charge in [0.25, 0.3) is 0 Å². The molecule has 1 atom stereocenters. The highest BCUT2D eigenvalue weighted by Gasteiger charge is 2.21. The Morgan fingerprint density at radius 3 is 2.51 bits per heavy atom. The van der Waals surface area contributed by atoms with Crippen molar-refractivity contribution in [3.8, 4) is 16.9 Å². The van der Waals surface area contributed by atoms with Gasteiger partial charge in [-0.25, -0.2) is 19.3 Å². The Morgan fingerprint density at radius 2 is 1.82 bits per heavy atom. The first-order valence-electron chi connectivity index (χ1n) is 13.5. The SMILES string of the molecule is COC(=O)Nc1ccc(-c2nc([C@H](Cc3ccccc3)NC(=O)C=Cc3cc(Cl)ccc3-n3cc(C(=O)O)cn3)[nH]c2Cl)cc1. The van der Waals surface area contributed by atoms with Gasteiger partial charge in [-0.2, -0.15) is 5.10 Å². The van der Waals surface area contributed by atoms with Gasteiger partial charge in [-0.3, -0.25) is 10.1 Å². The molecule has 228 valence electrons. The molecule has 11 nitrogen and oxygen atoms in total. The maximum Gasteiger partial charge on any atom is 0.411 e. The predicted molar refractivity (Wildman–Crippen MR) is 171 cm³/mol. The fourth-order valence-corrected chi connectivity index (χ4v) is 4.92. The number of halogens is 2. The molecule has 0 aliphatic carbocycles. The monoisotopic (exact) mass is 644 g/mol. The molecular weight excluding hydrogens is 619 g/mol. The number of carbonyl (C=O) groups is 3. The Morgan fingerprint density at radius 1 is 1.07 bits per heavy atom. The van der Waals surface area contributed by atoms with Gasteiger partial charge in [0.15, 0.2) is 0 Å². The van der Waals surface area contributed by atoms with E-state index in [0.29, 0.717) is 45.5 Å². The molecule has 0 fully saturated rings. The summed E-state index contributed by atoms with van der Waals surface area (Å²) >= 11 is 12.8. The van der Waals surface area contributed by atoms with E-state index in [-0.39, 0.29) is 10.7 Å². The van der Waals surface area contributed by atoms with Crippen molar-refractivity contribution in [1.82, 2.24) is 25.1 Å². The molecule has 4 N–H and O–H groups in total. The highest BCUT2D eigenvalue weighted by atomic mass is 35.5. The number of benzene rings is 3. The number of rotatable bonds is 10. The molecule has 3 aromatic carbocycles. The van der Waals surface area contributed by atoms with Gasteiger partial charge in [-0.05, 0) is 48.4 Å². The van der Waals surface area contributed by atoms with Gasteiger partial charge in [0.05, 0.1) is 30.6 Å². The van der Waals surface area contributed by atoms with Crippen molar-refractivity contribution in [2.45, 2.75) is 12.5 Å². The second-order valence-corrected chi connectivity index (χ2v) is 10.6. The lowest BCUT2D eigenvalue weighted by molar-refractivity contribution is -0.117. The first-order valence-corrected chi connectivity index (χ1v) is 14.3. The van der Waals surface area contributed by atoms with Crippen LogP contribution in [0.15, 0.2) is 91.3 Å². The van der Waals surface area contributed by atoms with Crippen LogP contribution in [-0.4, -0.2) is 49.9 Å². The lowest BCUT2D eigenvalue weighted by atomic mass is 10.1. The first-order chi connectivity index (χ1) is 21.7. The Labute approximate surface area is 267 Å². The highest BCUT2D eigenvalue weighted by Crippen LogP contribution is 2.30. The number of anilines is 1. The minimum absolute atomic E-state index is 0.0201. The van der Waals surface area contributed by atoms with E-state index in [2.05, 4.69) is 25.5 Å². The van der Waals surface area contributed by atoms with Crippen molar-refractivity contribution in [2.75, 3.05) is 12.4 Å². The van der Waals surface area contributed by atoms with Crippen LogP contribution >= 0.6 is 23.2 Å². The predicted octanol–water partition coefficient (Wildman–Crippen LogP) is 6.56. The number of nitrogens with zero attached hydrogens (tertiary/aromatic N) is 3. The van der Waals surface area contributed by atoms with E-state index in [4.69, 9.17) is 28.2 Å². The first kappa shape index (κ1) is 31.0. The average molecular weight is 646 g/mol. The molecule has 0 radical (unpaired) electrons. The summed E-state index contributed by atoms with van der Waals surface area (Å²) in [6.07, 6.45) is 5.37. The number of aromatic nitrogens is 4. The molecular formula is C32H26Cl2N6O5. The molecule has 13 heteroatoms. The molecule has 5 rings (SSSR count). The quantitative estimate of drug-likeness (QED) is 0.126. The summed E-state index contributed by atoms with van der Waals surface area (Å²) in [5.41, 5.74) is 3.77. The van der Waals surface area contributed by atoms with Gasteiger partial charge in [0.1, 0.15) is 16.7 Å². The largest absolute Gasteiger partial charge is 0.478 e. The van der Waals surface area contributed by atoms with E-state index in [1.54, 1.807) is 48.5 Å². The number of ether oxygens (including phenoxy) is 1. The summed E-state index contributed by atoms with van der Waals surface area (Å²) < 4.78 is 6.03. The van der Waals surface area contributed by atoms with Crippen LogP contribution < -0.4 is 10.6 Å². The van der Waals surface area contributed by atoms with Crippen LogP contribution in [0.25, 0.3) is 23.0 Å². The third-order valence-electron chi connectivity index (χ3n) is 6.68. The topological polar surface area (TPSA) is 151 Å². The normalized spacial score (nSPS) is 11.7. The molecule has 0 spiro atoms. The van der Waals surface area contributed by atoms with Gasteiger partial charge in [-0.1, -0.05) is 65.7 Å². The fraction of sp³-hybridized carbons (Fsp3) is 0.0938. The fourth-order valence-electron chi connectivity index (χ4n) is 4.49. The maximum atomic E-state index is 13.3. The summed E-state index contributed by atoms with van der Waals surface area (Å²) in [5, 5.41) is 19.7. The molecule has 2 amide bonds. The van der Waals surface area contributed by atoms with E-state index in [1.807, 2.05) is 30.3 Å². The van der Waals surface area contributed by atoms with Crippen LogP contribution in [0.3, 0.4) is 0 Å². The van der Waals surface area contributed by atoms with E-state index >= 15 is 0 Å². The van der Waals surface area contributed by atoms with Crippen LogP contribution in [-0.2, 0) is 16.0 Å². The summed E-state index contributed by atoms with van der Waals surface area (Å²) in [6, 6.07) is 20.9. The smallest absolute Gasteiger partial charge is 0.411 e. The molecule has 0 saturated heterocycles. The molecule has 0 aliphatic rings. The van der Waals surface area contributed by atoms with Crippen molar-refractivity contribution in [3.05, 3.63) is 124 Å². The molecule has 5 aromatic rings. The zero-order valence-corrected chi connectivity index (χ0v) is 25.2. The molecule has 2 heterocycles. The zero-order chi connectivity index (χ0) is 31.9. The molecule has 0 aliphatic heterocycles. The summed E-state index contributed by atoms with van der Waals surface area (Å²) in [4.78, 5) is 43.9. The standard InChI is InChI=1S/C32H26Cl2N6O5/c1-45-32(44)36-24-11-7-20(8-12-24)28-29(34)39-30(38-28)25(15-19-5-3-2-4-6-19)37-27(41)14-9-21-16-23(33)10-13-26(21)40-18-22(17-35-40)31(42)43/h2-14,16-18,25H,15H2,1H3,(H,36,44)(H,37,41)(H,38,39)(H,42,43)/t25-/m0/s1. The van der Waals surface area contributed by atoms with Crippen molar-refractivity contribution in [1.29, 1.82) is 0 Å². The lowest BCUT2D eigenvalue weighted by Crippen LogP contribution is -2.29. The van der Waals surface area contributed by atoms with Gasteiger partial charge < -0.3 is 20.1 Å². The highest BCUT2D eigenvalue weighted by molar-refractivity contribution is 6.32. The maximum absolute atomic E-state index is 13.3. The Bertz CT molecular complexity index is 1870. The van der Waals surface area contributed by atoms with Gasteiger partial charge in [0, 0.05) is 34.1 Å². The number of hydrogen-bond donors (Lipinski definition) is 4. The summed E-state index contributed by atoms with van der Waals surface area (Å²) in [5.74, 6) is -1.08. The number of amides is 2. The number of carboxylic acid groups (broad SMARTS) is 1. The Kier molecular flexibility index (Phi) is 9.61. The van der Waals surface area contributed by atoms with E-state index in [1.165, 1.54) is 30.3 Å². The number of aromatic carboxylic acids is 1. The van der Waals surface area contributed by atoms with Crippen molar-refractivity contribution < 1.29 is 24.2 Å². The van der Waals surface area contributed by atoms with Crippen molar-refractivity contribution in [2.24, 2.45) is 0 Å². The Balaban J connectivity index is 1.40. The molecule has 0 saturated carbocycles. The number of carboxylic acids is 1. The third-order valence-corrected chi connectivity index (χ3v) is 7.19. The van der Waals surface area contributed by atoms with E-state index < -0.39 is 24.0 Å². The zero-order valence-electron chi connectivity index (χ0n) is 23.7. The summed E-state index contributed by atoms with van der Waals surface area (Å²) in [7, 11) is 1.28.